The molecule has 2 aromatic rings. The van der Waals surface area contributed by atoms with Crippen LogP contribution in [-0.2, 0) is 9.59 Å². The monoisotopic (exact) mass is 489 g/mol. The maximum absolute atomic E-state index is 13.1. The van der Waals surface area contributed by atoms with Gasteiger partial charge in [0.05, 0.1) is 23.2 Å². The molecule has 1 atom stereocenters. The quantitative estimate of drug-likeness (QED) is 0.482. The third kappa shape index (κ3) is 4.02. The molecule has 0 radical (unpaired) electrons. The van der Waals surface area contributed by atoms with Crippen molar-refractivity contribution >= 4 is 56.5 Å². The van der Waals surface area contributed by atoms with E-state index in [0.29, 0.717) is 29.4 Å². The van der Waals surface area contributed by atoms with Crippen LogP contribution in [0.2, 0.25) is 5.02 Å². The number of ketones is 1. The molecule has 2 amide bonds. The summed E-state index contributed by atoms with van der Waals surface area (Å²) >= 11 is 9.62. The molecule has 2 saturated heterocycles. The van der Waals surface area contributed by atoms with Gasteiger partial charge in [-0.1, -0.05) is 27.5 Å². The Morgan fingerprint density at radius 2 is 1.70 bits per heavy atom. The van der Waals surface area contributed by atoms with Gasteiger partial charge in [-0.25, -0.2) is 4.90 Å². The van der Waals surface area contributed by atoms with Crippen molar-refractivity contribution in [3.63, 3.8) is 0 Å². The molecule has 0 aromatic heterocycles. The molecule has 156 valence electrons. The molecule has 0 aliphatic carbocycles. The molecule has 2 aliphatic heterocycles. The highest BCUT2D eigenvalue weighted by Gasteiger charge is 2.44. The first-order valence-corrected chi connectivity index (χ1v) is 10.9. The number of carbonyl (C=O) groups excluding carboxylic acids is 3. The van der Waals surface area contributed by atoms with Gasteiger partial charge in [-0.3, -0.25) is 19.3 Å². The number of piperazine rings is 1. The van der Waals surface area contributed by atoms with Crippen LogP contribution in [-0.4, -0.2) is 54.7 Å². The molecule has 0 bridgehead atoms. The zero-order valence-corrected chi connectivity index (χ0v) is 18.8. The first-order chi connectivity index (χ1) is 14.3. The minimum Gasteiger partial charge on any atom is -0.369 e. The fourth-order valence-corrected chi connectivity index (χ4v) is 4.77. The number of benzene rings is 2. The smallest absolute Gasteiger partial charge is 0.251 e. The second-order valence-electron chi connectivity index (χ2n) is 7.51. The predicted molar refractivity (Wildman–Crippen MR) is 120 cm³/mol. The number of imide groups is 1. The molecule has 0 spiro atoms. The fourth-order valence-electron chi connectivity index (χ4n) is 4.02. The molecule has 0 saturated carbocycles. The van der Waals surface area contributed by atoms with Crippen molar-refractivity contribution in [2.75, 3.05) is 36.0 Å². The summed E-state index contributed by atoms with van der Waals surface area (Å²) in [5.41, 5.74) is 2.18. The Labute approximate surface area is 188 Å². The van der Waals surface area contributed by atoms with E-state index in [2.05, 4.69) is 25.7 Å². The first-order valence-electron chi connectivity index (χ1n) is 9.77. The van der Waals surface area contributed by atoms with E-state index in [1.807, 2.05) is 24.3 Å². The normalized spacial score (nSPS) is 20.2. The van der Waals surface area contributed by atoms with Gasteiger partial charge in [0.1, 0.15) is 0 Å². The van der Waals surface area contributed by atoms with Crippen LogP contribution in [0.4, 0.5) is 11.4 Å². The van der Waals surface area contributed by atoms with E-state index in [1.54, 1.807) is 25.1 Å². The summed E-state index contributed by atoms with van der Waals surface area (Å²) in [6.45, 7) is 4.41. The van der Waals surface area contributed by atoms with Crippen LogP contribution in [0.15, 0.2) is 46.9 Å². The van der Waals surface area contributed by atoms with E-state index in [1.165, 1.54) is 4.90 Å². The van der Waals surface area contributed by atoms with Gasteiger partial charge in [0.2, 0.25) is 5.91 Å². The number of halogens is 2. The molecule has 4 rings (SSSR count). The lowest BCUT2D eigenvalue weighted by atomic mass is 10.1. The Balaban J connectivity index is 1.43. The largest absolute Gasteiger partial charge is 0.369 e. The minimum absolute atomic E-state index is 0.0474. The number of amides is 2. The molecule has 0 N–H and O–H groups in total. The molecular weight excluding hydrogens is 470 g/mol. The van der Waals surface area contributed by atoms with Gasteiger partial charge in [-0.2, -0.15) is 0 Å². The average Bonchev–Trinajstić information content (AvgIpc) is 3.02. The van der Waals surface area contributed by atoms with Crippen molar-refractivity contribution in [2.45, 2.75) is 19.4 Å². The van der Waals surface area contributed by atoms with Crippen LogP contribution < -0.4 is 9.80 Å². The molecule has 2 heterocycles. The molecular formula is C22H21BrClN3O3. The summed E-state index contributed by atoms with van der Waals surface area (Å²) < 4.78 is 0.791. The van der Waals surface area contributed by atoms with Gasteiger partial charge in [0, 0.05) is 41.9 Å². The van der Waals surface area contributed by atoms with Crippen molar-refractivity contribution in [2.24, 2.45) is 0 Å². The molecule has 30 heavy (non-hydrogen) atoms. The van der Waals surface area contributed by atoms with Crippen LogP contribution in [0.1, 0.15) is 23.7 Å². The van der Waals surface area contributed by atoms with Crippen molar-refractivity contribution in [1.29, 1.82) is 0 Å². The molecule has 1 unspecified atom stereocenters. The standard InChI is InChI=1S/C22H21BrClN3O3/c1-14(28)15-2-5-17(6-3-15)25-8-10-26(11-9-25)20-13-21(29)27(22(20)30)19-7-4-16(23)12-18(19)24/h2-7,12,20H,8-11,13H2,1H3. The summed E-state index contributed by atoms with van der Waals surface area (Å²) in [6.07, 6.45) is 0.165. The third-order valence-corrected chi connectivity index (χ3v) is 6.46. The number of nitrogens with zero attached hydrogens (tertiary/aromatic N) is 3. The van der Waals surface area contributed by atoms with E-state index in [9.17, 15) is 14.4 Å². The van der Waals surface area contributed by atoms with Crippen LogP contribution >= 0.6 is 27.5 Å². The summed E-state index contributed by atoms with van der Waals surface area (Å²) in [4.78, 5) is 42.6. The van der Waals surface area contributed by atoms with Crippen molar-refractivity contribution < 1.29 is 14.4 Å². The predicted octanol–water partition coefficient (Wildman–Crippen LogP) is 3.76. The third-order valence-electron chi connectivity index (χ3n) is 5.67. The first kappa shape index (κ1) is 21.0. The maximum Gasteiger partial charge on any atom is 0.251 e. The number of hydrogen-bond acceptors (Lipinski definition) is 5. The van der Waals surface area contributed by atoms with Crippen molar-refractivity contribution in [3.05, 3.63) is 57.5 Å². The van der Waals surface area contributed by atoms with Gasteiger partial charge in [-0.05, 0) is 49.4 Å². The Kier molecular flexibility index (Phi) is 5.95. The fraction of sp³-hybridized carbons (Fsp3) is 0.318. The Morgan fingerprint density at radius 3 is 2.30 bits per heavy atom. The van der Waals surface area contributed by atoms with Gasteiger partial charge in [0.25, 0.3) is 5.91 Å². The van der Waals surface area contributed by atoms with Gasteiger partial charge in [-0.15, -0.1) is 0 Å². The van der Waals surface area contributed by atoms with Crippen LogP contribution in [0.5, 0.6) is 0 Å². The highest BCUT2D eigenvalue weighted by atomic mass is 79.9. The Hall–Kier alpha value is -2.22. The number of anilines is 2. The second-order valence-corrected chi connectivity index (χ2v) is 8.83. The van der Waals surface area contributed by atoms with Gasteiger partial charge < -0.3 is 4.90 Å². The van der Waals surface area contributed by atoms with E-state index in [-0.39, 0.29) is 24.0 Å². The van der Waals surface area contributed by atoms with E-state index < -0.39 is 6.04 Å². The molecule has 2 aromatic carbocycles. The highest BCUT2D eigenvalue weighted by molar-refractivity contribution is 9.10. The van der Waals surface area contributed by atoms with Crippen molar-refractivity contribution in [1.82, 2.24) is 4.90 Å². The zero-order valence-electron chi connectivity index (χ0n) is 16.5. The molecule has 6 nitrogen and oxygen atoms in total. The molecule has 2 aliphatic rings. The number of rotatable bonds is 4. The number of Topliss-reactive ketones (excluding diaryl/α,β-unsaturated/α-hetero) is 1. The topological polar surface area (TPSA) is 60.9 Å². The highest BCUT2D eigenvalue weighted by Crippen LogP contribution is 2.34. The van der Waals surface area contributed by atoms with Crippen molar-refractivity contribution in [3.8, 4) is 0 Å². The van der Waals surface area contributed by atoms with E-state index in [4.69, 9.17) is 11.6 Å². The molecule has 8 heteroatoms. The zero-order chi connectivity index (χ0) is 21.4. The lowest BCUT2D eigenvalue weighted by Gasteiger charge is -2.38. The van der Waals surface area contributed by atoms with E-state index in [0.717, 1.165) is 23.2 Å². The SMILES string of the molecule is CC(=O)c1ccc(N2CCN(C3CC(=O)N(c4ccc(Br)cc4Cl)C3=O)CC2)cc1. The summed E-state index contributed by atoms with van der Waals surface area (Å²) in [7, 11) is 0. The maximum atomic E-state index is 13.1. The Bertz CT molecular complexity index is 1000. The minimum atomic E-state index is -0.459. The van der Waals surface area contributed by atoms with Crippen LogP contribution in [0.3, 0.4) is 0 Å². The van der Waals surface area contributed by atoms with Crippen LogP contribution in [0.25, 0.3) is 0 Å². The van der Waals surface area contributed by atoms with Crippen LogP contribution in [0, 0.1) is 0 Å². The lowest BCUT2D eigenvalue weighted by Crippen LogP contribution is -2.52. The lowest BCUT2D eigenvalue weighted by molar-refractivity contribution is -0.123. The van der Waals surface area contributed by atoms with E-state index >= 15 is 0 Å². The van der Waals surface area contributed by atoms with Gasteiger partial charge >= 0.3 is 0 Å². The van der Waals surface area contributed by atoms with Gasteiger partial charge in [0.15, 0.2) is 5.78 Å². The summed E-state index contributed by atoms with van der Waals surface area (Å²) in [5.74, 6) is -0.397. The summed E-state index contributed by atoms with van der Waals surface area (Å²) in [5, 5.41) is 0.366. The molecule has 2 fully saturated rings. The number of hydrogen-bond donors (Lipinski definition) is 0. The summed E-state index contributed by atoms with van der Waals surface area (Å²) in [6, 6.07) is 12.3. The Morgan fingerprint density at radius 1 is 1.03 bits per heavy atom. The number of carbonyl (C=O) groups is 3. The second kappa shape index (κ2) is 8.49. The average molecular weight is 491 g/mol.